The van der Waals surface area contributed by atoms with Crippen molar-refractivity contribution in [3.05, 3.63) is 71.0 Å². The van der Waals surface area contributed by atoms with E-state index in [1.165, 1.54) is 12.1 Å². The number of carbonyl (C=O) groups excluding carboxylic acids is 1. The van der Waals surface area contributed by atoms with Gasteiger partial charge >= 0.3 is 0 Å². The van der Waals surface area contributed by atoms with Crippen LogP contribution in [0, 0.1) is 5.82 Å². The van der Waals surface area contributed by atoms with Gasteiger partial charge in [-0.15, -0.1) is 12.4 Å². The number of benzene rings is 2. The highest BCUT2D eigenvalue weighted by molar-refractivity contribution is 5.94. The summed E-state index contributed by atoms with van der Waals surface area (Å²) in [7, 11) is 1.64. The molecule has 1 aliphatic rings. The zero-order chi connectivity index (χ0) is 16.9. The molecule has 1 N–H and O–H groups in total. The quantitative estimate of drug-likeness (QED) is 0.906. The molecule has 1 amide bonds. The number of amides is 1. The maximum absolute atomic E-state index is 13.6. The molecule has 0 radical (unpaired) electrons. The lowest BCUT2D eigenvalue weighted by Gasteiger charge is -2.36. The molecule has 4 nitrogen and oxygen atoms in total. The van der Waals surface area contributed by atoms with Gasteiger partial charge in [-0.1, -0.05) is 24.3 Å². The Hall–Kier alpha value is -1.95. The molecule has 0 aliphatic carbocycles. The van der Waals surface area contributed by atoms with Gasteiger partial charge in [-0.3, -0.25) is 4.79 Å². The number of halogens is 2. The summed E-state index contributed by atoms with van der Waals surface area (Å²) in [6.45, 7) is 2.48. The van der Waals surface area contributed by atoms with Gasteiger partial charge in [-0.25, -0.2) is 4.39 Å². The first-order valence-electron chi connectivity index (χ1n) is 8.04. The number of methoxy groups -OCH3 is 1. The molecule has 2 aromatic carbocycles. The van der Waals surface area contributed by atoms with Crippen molar-refractivity contribution in [1.82, 2.24) is 10.2 Å². The highest BCUT2D eigenvalue weighted by Crippen LogP contribution is 2.25. The SMILES string of the molecule is COCc1ccc(C(=O)N2CCNCC2c2cccc(F)c2)cc1.Cl. The van der Waals surface area contributed by atoms with E-state index in [0.717, 1.165) is 17.7 Å². The average molecular weight is 365 g/mol. The van der Waals surface area contributed by atoms with Crippen molar-refractivity contribution in [3.63, 3.8) is 0 Å². The summed E-state index contributed by atoms with van der Waals surface area (Å²) in [5, 5.41) is 3.28. The fourth-order valence-corrected chi connectivity index (χ4v) is 3.04. The molecule has 1 atom stereocenters. The van der Waals surface area contributed by atoms with Crippen molar-refractivity contribution in [2.24, 2.45) is 0 Å². The van der Waals surface area contributed by atoms with E-state index < -0.39 is 0 Å². The van der Waals surface area contributed by atoms with Crippen LogP contribution in [0.2, 0.25) is 0 Å². The van der Waals surface area contributed by atoms with Crippen LogP contribution in [0.15, 0.2) is 48.5 Å². The molecule has 0 saturated carbocycles. The molecule has 0 bridgehead atoms. The van der Waals surface area contributed by atoms with Crippen LogP contribution in [-0.2, 0) is 11.3 Å². The van der Waals surface area contributed by atoms with Crippen molar-refractivity contribution in [2.45, 2.75) is 12.6 Å². The lowest BCUT2D eigenvalue weighted by Crippen LogP contribution is -2.48. The van der Waals surface area contributed by atoms with Gasteiger partial charge in [0.15, 0.2) is 0 Å². The highest BCUT2D eigenvalue weighted by atomic mass is 35.5. The molecular formula is C19H22ClFN2O2. The standard InChI is InChI=1S/C19H21FN2O2.ClH/c1-24-13-14-5-7-15(8-6-14)19(23)22-10-9-21-12-18(22)16-3-2-4-17(20)11-16;/h2-8,11,18,21H,9-10,12-13H2,1H3;1H. The predicted octanol–water partition coefficient (Wildman–Crippen LogP) is 3.18. The summed E-state index contributed by atoms with van der Waals surface area (Å²) < 4.78 is 18.6. The zero-order valence-electron chi connectivity index (χ0n) is 14.1. The van der Waals surface area contributed by atoms with Crippen LogP contribution < -0.4 is 5.32 Å². The fraction of sp³-hybridized carbons (Fsp3) is 0.316. The molecular weight excluding hydrogens is 343 g/mol. The Kier molecular flexibility index (Phi) is 6.93. The van der Waals surface area contributed by atoms with Gasteiger partial charge in [0.05, 0.1) is 12.6 Å². The molecule has 1 unspecified atom stereocenters. The number of piperazine rings is 1. The summed E-state index contributed by atoms with van der Waals surface area (Å²) in [4.78, 5) is 14.7. The van der Waals surface area contributed by atoms with Crippen molar-refractivity contribution >= 4 is 18.3 Å². The Morgan fingerprint density at radius 3 is 2.72 bits per heavy atom. The van der Waals surface area contributed by atoms with E-state index in [1.54, 1.807) is 13.2 Å². The minimum Gasteiger partial charge on any atom is -0.380 e. The Morgan fingerprint density at radius 1 is 1.28 bits per heavy atom. The van der Waals surface area contributed by atoms with Crippen LogP contribution in [-0.4, -0.2) is 37.6 Å². The molecule has 3 rings (SSSR count). The fourth-order valence-electron chi connectivity index (χ4n) is 3.04. The number of hydrogen-bond acceptors (Lipinski definition) is 3. The molecule has 134 valence electrons. The third-order valence-corrected chi connectivity index (χ3v) is 4.25. The van der Waals surface area contributed by atoms with E-state index in [1.807, 2.05) is 35.2 Å². The van der Waals surface area contributed by atoms with Gasteiger partial charge < -0.3 is 15.0 Å². The molecule has 25 heavy (non-hydrogen) atoms. The minimum atomic E-state index is -0.283. The molecule has 1 aliphatic heterocycles. The van der Waals surface area contributed by atoms with E-state index >= 15 is 0 Å². The van der Waals surface area contributed by atoms with Crippen molar-refractivity contribution in [2.75, 3.05) is 26.7 Å². The first-order chi connectivity index (χ1) is 11.7. The largest absolute Gasteiger partial charge is 0.380 e. The number of carbonyl (C=O) groups is 1. The highest BCUT2D eigenvalue weighted by Gasteiger charge is 2.28. The lowest BCUT2D eigenvalue weighted by molar-refractivity contribution is 0.0634. The molecule has 2 aromatic rings. The molecule has 0 spiro atoms. The smallest absolute Gasteiger partial charge is 0.254 e. The van der Waals surface area contributed by atoms with Crippen molar-refractivity contribution in [3.8, 4) is 0 Å². The number of nitrogens with zero attached hydrogens (tertiary/aromatic N) is 1. The molecule has 1 saturated heterocycles. The molecule has 1 heterocycles. The number of hydrogen-bond donors (Lipinski definition) is 1. The summed E-state index contributed by atoms with van der Waals surface area (Å²) in [5.74, 6) is -0.316. The maximum Gasteiger partial charge on any atom is 0.254 e. The van der Waals surface area contributed by atoms with Gasteiger partial charge in [-0.2, -0.15) is 0 Å². The van der Waals surface area contributed by atoms with E-state index in [9.17, 15) is 9.18 Å². The van der Waals surface area contributed by atoms with Crippen LogP contribution in [0.1, 0.15) is 27.5 Å². The van der Waals surface area contributed by atoms with Gasteiger partial charge in [0.25, 0.3) is 5.91 Å². The number of nitrogens with one attached hydrogen (secondary N) is 1. The van der Waals surface area contributed by atoms with E-state index in [4.69, 9.17) is 4.74 Å². The van der Waals surface area contributed by atoms with Gasteiger partial charge in [0, 0.05) is 32.3 Å². The normalized spacial score (nSPS) is 17.0. The van der Waals surface area contributed by atoms with Crippen molar-refractivity contribution < 1.29 is 13.9 Å². The first-order valence-corrected chi connectivity index (χ1v) is 8.04. The maximum atomic E-state index is 13.6. The van der Waals surface area contributed by atoms with Crippen LogP contribution in [0.5, 0.6) is 0 Å². The Morgan fingerprint density at radius 2 is 2.04 bits per heavy atom. The van der Waals surface area contributed by atoms with Gasteiger partial charge in [0.1, 0.15) is 5.82 Å². The van der Waals surface area contributed by atoms with E-state index in [2.05, 4.69) is 5.32 Å². The van der Waals surface area contributed by atoms with Gasteiger partial charge in [-0.05, 0) is 35.4 Å². The zero-order valence-corrected chi connectivity index (χ0v) is 14.9. The number of ether oxygens (including phenoxy) is 1. The predicted molar refractivity (Wildman–Crippen MR) is 97.5 cm³/mol. The monoisotopic (exact) mass is 364 g/mol. The summed E-state index contributed by atoms with van der Waals surface area (Å²) in [6.07, 6.45) is 0. The Labute approximate surface area is 153 Å². The second-order valence-electron chi connectivity index (χ2n) is 5.90. The minimum absolute atomic E-state index is 0. The Balaban J connectivity index is 0.00000225. The first kappa shape index (κ1) is 19.4. The lowest BCUT2D eigenvalue weighted by atomic mass is 10.0. The Bertz CT molecular complexity index is 709. The molecule has 6 heteroatoms. The number of rotatable bonds is 4. The van der Waals surface area contributed by atoms with Crippen LogP contribution in [0.4, 0.5) is 4.39 Å². The average Bonchev–Trinajstić information content (AvgIpc) is 2.62. The topological polar surface area (TPSA) is 41.6 Å². The third kappa shape index (κ3) is 4.57. The van der Waals surface area contributed by atoms with E-state index in [-0.39, 0.29) is 30.2 Å². The second kappa shape index (κ2) is 8.94. The summed E-state index contributed by atoms with van der Waals surface area (Å²) in [5.41, 5.74) is 2.47. The molecule has 0 aromatic heterocycles. The second-order valence-corrected chi connectivity index (χ2v) is 5.90. The van der Waals surface area contributed by atoms with Crippen molar-refractivity contribution in [1.29, 1.82) is 0 Å². The summed E-state index contributed by atoms with van der Waals surface area (Å²) in [6, 6.07) is 13.7. The molecule has 1 fully saturated rings. The van der Waals surface area contributed by atoms with E-state index in [0.29, 0.717) is 25.3 Å². The third-order valence-electron chi connectivity index (χ3n) is 4.25. The van der Waals surface area contributed by atoms with Gasteiger partial charge in [0.2, 0.25) is 0 Å². The van der Waals surface area contributed by atoms with Crippen LogP contribution in [0.25, 0.3) is 0 Å². The summed E-state index contributed by atoms with van der Waals surface area (Å²) >= 11 is 0. The van der Waals surface area contributed by atoms with Crippen LogP contribution >= 0.6 is 12.4 Å². The van der Waals surface area contributed by atoms with Crippen LogP contribution in [0.3, 0.4) is 0 Å².